The van der Waals surface area contributed by atoms with Gasteiger partial charge < -0.3 is 29.7 Å². The molecule has 0 atom stereocenters. The van der Waals surface area contributed by atoms with Crippen LogP contribution in [0, 0.1) is 6.92 Å². The van der Waals surface area contributed by atoms with E-state index in [1.54, 1.807) is 30.5 Å². The zero-order valence-corrected chi connectivity index (χ0v) is 28.1. The number of amides is 2. The highest BCUT2D eigenvalue weighted by atomic mass is 35.5. The number of fused-ring (bicyclic) bond motifs is 1. The SMILES string of the molecule is CCc1c(N2CCN(C(=O)c3ncnc(C)c3O)CC2)c(=O)c2nc(N(C)C)cnc2n1CC(=O)Nc1ccc(C(F)(F)F)cc1Cl.FCF. The number of aromatic hydroxyl groups is 1. The van der Waals surface area contributed by atoms with Gasteiger partial charge in [-0.15, -0.1) is 0 Å². The summed E-state index contributed by atoms with van der Waals surface area (Å²) in [6, 6.07) is 2.62. The van der Waals surface area contributed by atoms with E-state index in [0.29, 0.717) is 23.6 Å². The summed E-state index contributed by atoms with van der Waals surface area (Å²) in [5.41, 5.74) is -0.276. The molecule has 1 fully saturated rings. The van der Waals surface area contributed by atoms with Gasteiger partial charge >= 0.3 is 6.18 Å². The van der Waals surface area contributed by atoms with E-state index in [2.05, 4.69) is 25.3 Å². The fourth-order valence-electron chi connectivity index (χ4n) is 5.32. The first-order chi connectivity index (χ1) is 23.6. The van der Waals surface area contributed by atoms with E-state index < -0.39 is 35.9 Å². The summed E-state index contributed by atoms with van der Waals surface area (Å²) < 4.78 is 60.2. The minimum atomic E-state index is -4.60. The number of hydrogen-bond acceptors (Lipinski definition) is 10. The quantitative estimate of drug-likeness (QED) is 0.263. The summed E-state index contributed by atoms with van der Waals surface area (Å²) in [6.07, 6.45) is -1.63. The number of carbonyl (C=O) groups is 2. The standard InChI is InChI=1S/C30H31ClF3N9O4.CH2F2/c1-5-20-25(41-8-10-42(11-9-41)29(47)24-26(45)16(2)36-15-37-24)27(46)23-28(35-13-21(39-23)40(3)4)43(20)14-22(44)38-19-7-6-17(12-18(19)31)30(32,33)34;2-1-3/h6-7,12-13,15,45H,5,8-11,14H2,1-4H3,(H,38,44);1H2. The molecule has 1 aliphatic heterocycles. The molecule has 50 heavy (non-hydrogen) atoms. The van der Waals surface area contributed by atoms with Gasteiger partial charge in [-0.05, 0) is 31.5 Å². The second-order valence-corrected chi connectivity index (χ2v) is 11.5. The molecule has 4 heterocycles. The summed E-state index contributed by atoms with van der Waals surface area (Å²) in [7, 11) is 3.48. The predicted molar refractivity (Wildman–Crippen MR) is 176 cm³/mol. The molecule has 1 saturated heterocycles. The van der Waals surface area contributed by atoms with E-state index in [4.69, 9.17) is 11.6 Å². The molecule has 0 radical (unpaired) electrons. The summed E-state index contributed by atoms with van der Waals surface area (Å²) in [4.78, 5) is 62.4. The van der Waals surface area contributed by atoms with Crippen molar-refractivity contribution in [2.75, 3.05) is 62.3 Å². The number of aromatic nitrogens is 5. The number of aryl methyl sites for hydroxylation is 1. The van der Waals surface area contributed by atoms with Gasteiger partial charge in [-0.2, -0.15) is 13.2 Å². The Hall–Kier alpha value is -5.13. The third-order valence-electron chi connectivity index (χ3n) is 7.78. The fraction of sp³-hybridized carbons (Fsp3) is 0.387. The van der Waals surface area contributed by atoms with Gasteiger partial charge in [0, 0.05) is 46.0 Å². The van der Waals surface area contributed by atoms with Gasteiger partial charge in [-0.25, -0.2) is 28.7 Å². The Morgan fingerprint density at radius 1 is 1.08 bits per heavy atom. The molecule has 5 rings (SSSR count). The highest BCUT2D eigenvalue weighted by Gasteiger charge is 2.32. The van der Waals surface area contributed by atoms with Crippen molar-refractivity contribution < 1.29 is 36.6 Å². The summed E-state index contributed by atoms with van der Waals surface area (Å²) in [6.45, 7) is 2.18. The molecule has 13 nitrogen and oxygen atoms in total. The van der Waals surface area contributed by atoms with Gasteiger partial charge in [0.25, 0.3) is 5.91 Å². The van der Waals surface area contributed by atoms with Crippen molar-refractivity contribution in [3.63, 3.8) is 0 Å². The number of rotatable bonds is 7. The molecule has 4 aromatic rings. The Labute approximate surface area is 287 Å². The number of nitrogens with zero attached hydrogens (tertiary/aromatic N) is 8. The first kappa shape index (κ1) is 37.7. The lowest BCUT2D eigenvalue weighted by atomic mass is 10.1. The van der Waals surface area contributed by atoms with Crippen molar-refractivity contribution in [2.24, 2.45) is 0 Å². The average molecular weight is 726 g/mol. The summed E-state index contributed by atoms with van der Waals surface area (Å²) in [5, 5.41) is 12.6. The van der Waals surface area contributed by atoms with Crippen LogP contribution >= 0.6 is 11.6 Å². The van der Waals surface area contributed by atoms with Crippen LogP contribution in [0.1, 0.15) is 34.4 Å². The highest BCUT2D eigenvalue weighted by molar-refractivity contribution is 6.33. The average Bonchev–Trinajstić information content (AvgIpc) is 3.07. The minimum absolute atomic E-state index is 0.0139. The molecular weight excluding hydrogens is 693 g/mol. The van der Waals surface area contributed by atoms with Gasteiger partial charge in [0.2, 0.25) is 18.3 Å². The van der Waals surface area contributed by atoms with Crippen LogP contribution in [-0.4, -0.2) is 93.5 Å². The number of hydrogen-bond donors (Lipinski definition) is 2. The number of nitrogens with one attached hydrogen (secondary N) is 1. The monoisotopic (exact) mass is 725 g/mol. The van der Waals surface area contributed by atoms with Crippen molar-refractivity contribution in [1.29, 1.82) is 0 Å². The van der Waals surface area contributed by atoms with E-state index >= 15 is 0 Å². The lowest BCUT2D eigenvalue weighted by molar-refractivity contribution is -0.137. The van der Waals surface area contributed by atoms with E-state index in [-0.39, 0.29) is 71.7 Å². The maximum Gasteiger partial charge on any atom is 0.416 e. The van der Waals surface area contributed by atoms with Crippen LogP contribution < -0.4 is 20.5 Å². The molecule has 2 N–H and O–H groups in total. The molecule has 2 amide bonds. The number of piperazine rings is 1. The van der Waals surface area contributed by atoms with Crippen molar-refractivity contribution in [2.45, 2.75) is 33.0 Å². The molecule has 0 aliphatic carbocycles. The van der Waals surface area contributed by atoms with Gasteiger partial charge in [0.1, 0.15) is 24.4 Å². The molecule has 0 unspecified atom stereocenters. The van der Waals surface area contributed by atoms with Gasteiger partial charge in [-0.1, -0.05) is 18.5 Å². The zero-order chi connectivity index (χ0) is 36.9. The van der Waals surface area contributed by atoms with Gasteiger partial charge in [0.15, 0.2) is 22.6 Å². The van der Waals surface area contributed by atoms with E-state index in [1.807, 2.05) is 11.8 Å². The number of pyridine rings is 1. The van der Waals surface area contributed by atoms with Crippen LogP contribution in [0.3, 0.4) is 0 Å². The Morgan fingerprint density at radius 2 is 1.74 bits per heavy atom. The molecule has 3 aromatic heterocycles. The third-order valence-corrected chi connectivity index (χ3v) is 8.09. The maximum atomic E-state index is 14.1. The Kier molecular flexibility index (Phi) is 11.8. The van der Waals surface area contributed by atoms with Gasteiger partial charge in [0.05, 0.1) is 28.2 Å². The van der Waals surface area contributed by atoms with Crippen LogP contribution in [0.15, 0.2) is 35.5 Å². The van der Waals surface area contributed by atoms with Crippen molar-refractivity contribution in [3.8, 4) is 5.75 Å². The number of benzene rings is 1. The van der Waals surface area contributed by atoms with E-state index in [1.165, 1.54) is 17.4 Å². The Bertz CT molecular complexity index is 1950. The largest absolute Gasteiger partial charge is 0.504 e. The molecule has 0 saturated carbocycles. The normalized spacial score (nSPS) is 13.2. The van der Waals surface area contributed by atoms with Crippen LogP contribution in [0.5, 0.6) is 5.75 Å². The summed E-state index contributed by atoms with van der Waals surface area (Å²) in [5.74, 6) is -0.977. The molecule has 1 aromatic carbocycles. The maximum absolute atomic E-state index is 14.1. The second kappa shape index (κ2) is 15.6. The minimum Gasteiger partial charge on any atom is -0.504 e. The molecule has 19 heteroatoms. The van der Waals surface area contributed by atoms with Crippen LogP contribution in [0.4, 0.5) is 39.1 Å². The topological polar surface area (TPSA) is 150 Å². The highest BCUT2D eigenvalue weighted by Crippen LogP contribution is 2.34. The van der Waals surface area contributed by atoms with Crippen molar-refractivity contribution in [1.82, 2.24) is 29.4 Å². The lowest BCUT2D eigenvalue weighted by Gasteiger charge is -2.37. The van der Waals surface area contributed by atoms with E-state index in [0.717, 1.165) is 18.2 Å². The summed E-state index contributed by atoms with van der Waals surface area (Å²) >= 11 is 6.07. The smallest absolute Gasteiger partial charge is 0.416 e. The first-order valence-corrected chi connectivity index (χ1v) is 15.4. The second-order valence-electron chi connectivity index (χ2n) is 11.1. The Morgan fingerprint density at radius 3 is 2.32 bits per heavy atom. The first-order valence-electron chi connectivity index (χ1n) is 15.1. The molecule has 268 valence electrons. The third kappa shape index (κ3) is 8.01. The predicted octanol–water partition coefficient (Wildman–Crippen LogP) is 4.38. The van der Waals surface area contributed by atoms with Crippen molar-refractivity contribution >= 4 is 51.8 Å². The molecule has 0 spiro atoms. The lowest BCUT2D eigenvalue weighted by Crippen LogP contribution is -2.50. The fourth-order valence-corrected chi connectivity index (χ4v) is 5.55. The number of anilines is 3. The molecule has 0 bridgehead atoms. The number of carbonyl (C=O) groups excluding carboxylic acids is 2. The number of halogens is 6. The van der Waals surface area contributed by atoms with Crippen LogP contribution in [0.2, 0.25) is 5.02 Å². The van der Waals surface area contributed by atoms with E-state index in [9.17, 15) is 41.4 Å². The molecular formula is C31H33ClF5N9O4. The Balaban J connectivity index is 0.00000181. The zero-order valence-electron chi connectivity index (χ0n) is 27.4. The number of alkyl halides is 5. The van der Waals surface area contributed by atoms with Crippen molar-refractivity contribution in [3.05, 3.63) is 68.6 Å². The van der Waals surface area contributed by atoms with Gasteiger partial charge in [-0.3, -0.25) is 14.4 Å². The van der Waals surface area contributed by atoms with Crippen LogP contribution in [0.25, 0.3) is 11.2 Å². The van der Waals surface area contributed by atoms with Crippen LogP contribution in [-0.2, 0) is 23.9 Å². The molecule has 1 aliphatic rings.